The molecule has 1 aromatic carbocycles. The van der Waals surface area contributed by atoms with Gasteiger partial charge in [0.15, 0.2) is 0 Å². The zero-order valence-electron chi connectivity index (χ0n) is 15.5. The number of carbonyl (C=O) groups excluding carboxylic acids is 1. The van der Waals surface area contributed by atoms with Gasteiger partial charge in [0.2, 0.25) is 0 Å². The molecule has 25 heavy (non-hydrogen) atoms. The van der Waals surface area contributed by atoms with Crippen LogP contribution in [-0.2, 0) is 12.1 Å². The molecule has 1 aliphatic heterocycles. The number of likely N-dealkylation sites (tertiary alicyclic amines) is 1. The molecule has 0 N–H and O–H groups in total. The molecular formula is C20H26N4O. The van der Waals surface area contributed by atoms with E-state index >= 15 is 0 Å². The van der Waals surface area contributed by atoms with E-state index < -0.39 is 0 Å². The molecule has 132 valence electrons. The van der Waals surface area contributed by atoms with E-state index in [1.165, 1.54) is 5.56 Å². The van der Waals surface area contributed by atoms with Gasteiger partial charge in [0.1, 0.15) is 11.5 Å². The Kier molecular flexibility index (Phi) is 4.86. The summed E-state index contributed by atoms with van der Waals surface area (Å²) in [4.78, 5) is 25.7. The number of nitrogens with zero attached hydrogens (tertiary/aromatic N) is 4. The van der Waals surface area contributed by atoms with Gasteiger partial charge in [0.05, 0.1) is 5.54 Å². The van der Waals surface area contributed by atoms with Crippen LogP contribution in [0.3, 0.4) is 0 Å². The van der Waals surface area contributed by atoms with Crippen LogP contribution in [0.1, 0.15) is 47.3 Å². The van der Waals surface area contributed by atoms with E-state index in [1.807, 2.05) is 13.0 Å². The van der Waals surface area contributed by atoms with Crippen LogP contribution in [0.15, 0.2) is 36.4 Å². The predicted octanol–water partition coefficient (Wildman–Crippen LogP) is 3.00. The molecule has 1 fully saturated rings. The number of rotatable bonds is 4. The zero-order valence-corrected chi connectivity index (χ0v) is 15.5. The normalized spacial score (nSPS) is 20.6. The van der Waals surface area contributed by atoms with Gasteiger partial charge in [-0.05, 0) is 44.9 Å². The molecule has 5 heteroatoms. The van der Waals surface area contributed by atoms with E-state index in [1.54, 1.807) is 25.1 Å². The van der Waals surface area contributed by atoms with E-state index in [2.05, 4.69) is 41.1 Å². The van der Waals surface area contributed by atoms with Crippen LogP contribution in [0.25, 0.3) is 0 Å². The smallest absolute Gasteiger partial charge is 0.272 e. The zero-order chi connectivity index (χ0) is 18.0. The molecule has 0 bridgehead atoms. The Morgan fingerprint density at radius 2 is 1.96 bits per heavy atom. The molecule has 1 amide bonds. The maximum Gasteiger partial charge on any atom is 0.272 e. The summed E-state index contributed by atoms with van der Waals surface area (Å²) in [5.41, 5.74) is 2.35. The second-order valence-electron chi connectivity index (χ2n) is 7.20. The molecule has 1 aliphatic rings. The van der Waals surface area contributed by atoms with Crippen LogP contribution < -0.4 is 0 Å². The molecule has 0 unspecified atom stereocenters. The van der Waals surface area contributed by atoms with E-state index in [4.69, 9.17) is 4.98 Å². The largest absolute Gasteiger partial charge is 0.343 e. The molecule has 0 saturated carbocycles. The van der Waals surface area contributed by atoms with E-state index in [0.717, 1.165) is 37.4 Å². The number of amides is 1. The van der Waals surface area contributed by atoms with Gasteiger partial charge >= 0.3 is 0 Å². The summed E-state index contributed by atoms with van der Waals surface area (Å²) < 4.78 is 0. The summed E-state index contributed by atoms with van der Waals surface area (Å²) in [6.07, 6.45) is 2.11. The van der Waals surface area contributed by atoms with E-state index in [9.17, 15) is 4.79 Å². The lowest BCUT2D eigenvalue weighted by atomic mass is 9.96. The fourth-order valence-corrected chi connectivity index (χ4v) is 3.48. The molecule has 5 nitrogen and oxygen atoms in total. The topological polar surface area (TPSA) is 49.3 Å². The van der Waals surface area contributed by atoms with Gasteiger partial charge in [0.25, 0.3) is 5.91 Å². The second-order valence-corrected chi connectivity index (χ2v) is 7.20. The fourth-order valence-electron chi connectivity index (χ4n) is 3.48. The molecule has 1 atom stereocenters. The first-order valence-electron chi connectivity index (χ1n) is 8.77. The van der Waals surface area contributed by atoms with Crippen molar-refractivity contribution in [3.8, 4) is 0 Å². The van der Waals surface area contributed by atoms with Crippen LogP contribution in [0.4, 0.5) is 0 Å². The van der Waals surface area contributed by atoms with Crippen molar-refractivity contribution in [2.75, 3.05) is 20.6 Å². The first-order chi connectivity index (χ1) is 11.9. The highest BCUT2D eigenvalue weighted by Gasteiger charge is 2.41. The van der Waals surface area contributed by atoms with E-state index in [-0.39, 0.29) is 11.4 Å². The van der Waals surface area contributed by atoms with Gasteiger partial charge < -0.3 is 4.90 Å². The van der Waals surface area contributed by atoms with Crippen molar-refractivity contribution in [1.82, 2.24) is 19.8 Å². The van der Waals surface area contributed by atoms with Crippen molar-refractivity contribution in [3.63, 3.8) is 0 Å². The highest BCUT2D eigenvalue weighted by Crippen LogP contribution is 2.38. The van der Waals surface area contributed by atoms with Crippen LogP contribution >= 0.6 is 0 Å². The maximum atomic E-state index is 12.4. The molecule has 1 aromatic heterocycles. The van der Waals surface area contributed by atoms with Crippen molar-refractivity contribution < 1.29 is 4.79 Å². The first-order valence-corrected chi connectivity index (χ1v) is 8.77. The van der Waals surface area contributed by atoms with Crippen LogP contribution in [0.2, 0.25) is 0 Å². The van der Waals surface area contributed by atoms with Crippen LogP contribution in [0, 0.1) is 6.92 Å². The molecular weight excluding hydrogens is 312 g/mol. The average molecular weight is 338 g/mol. The number of aryl methyl sites for hydroxylation is 1. The SMILES string of the molecule is Cc1cc(C(=O)N(C)C)nc([C@@]2(C)CCCN2Cc2ccccc2)n1. The minimum Gasteiger partial charge on any atom is -0.343 e. The van der Waals surface area contributed by atoms with Crippen molar-refractivity contribution in [2.45, 2.75) is 38.8 Å². The first kappa shape index (κ1) is 17.5. The van der Waals surface area contributed by atoms with Gasteiger partial charge in [0, 0.05) is 26.3 Å². The van der Waals surface area contributed by atoms with Crippen molar-refractivity contribution >= 4 is 5.91 Å². The highest BCUT2D eigenvalue weighted by molar-refractivity contribution is 5.92. The Morgan fingerprint density at radius 3 is 2.64 bits per heavy atom. The van der Waals surface area contributed by atoms with Gasteiger partial charge in [-0.2, -0.15) is 0 Å². The third-order valence-corrected chi connectivity index (χ3v) is 4.97. The third-order valence-electron chi connectivity index (χ3n) is 4.97. The predicted molar refractivity (Wildman–Crippen MR) is 98.2 cm³/mol. The van der Waals surface area contributed by atoms with Gasteiger partial charge in [-0.1, -0.05) is 30.3 Å². The summed E-state index contributed by atoms with van der Waals surface area (Å²) in [6, 6.07) is 12.2. The Labute approximate surface area is 149 Å². The summed E-state index contributed by atoms with van der Waals surface area (Å²) in [7, 11) is 3.50. The number of hydrogen-bond acceptors (Lipinski definition) is 4. The standard InChI is InChI=1S/C20H26N4O/c1-15-13-17(18(25)23(3)4)22-19(21-15)20(2)11-8-12-24(20)14-16-9-6-5-7-10-16/h5-7,9-10,13H,8,11-12,14H2,1-4H3/t20-/m1/s1. The molecule has 2 heterocycles. The van der Waals surface area contributed by atoms with Gasteiger partial charge in [-0.3, -0.25) is 9.69 Å². The minimum absolute atomic E-state index is 0.0806. The second kappa shape index (κ2) is 6.92. The minimum atomic E-state index is -0.247. The lowest BCUT2D eigenvalue weighted by Gasteiger charge is -2.34. The average Bonchev–Trinajstić information content (AvgIpc) is 2.96. The fraction of sp³-hybridized carbons (Fsp3) is 0.450. The third kappa shape index (κ3) is 3.56. The summed E-state index contributed by atoms with van der Waals surface area (Å²) >= 11 is 0. The van der Waals surface area contributed by atoms with Crippen molar-refractivity contribution in [2.24, 2.45) is 0 Å². The van der Waals surface area contributed by atoms with Gasteiger partial charge in [-0.25, -0.2) is 9.97 Å². The Morgan fingerprint density at radius 1 is 1.24 bits per heavy atom. The molecule has 3 rings (SSSR count). The van der Waals surface area contributed by atoms with E-state index in [0.29, 0.717) is 5.69 Å². The quantitative estimate of drug-likeness (QED) is 0.860. The summed E-state index contributed by atoms with van der Waals surface area (Å²) in [5.74, 6) is 0.675. The van der Waals surface area contributed by atoms with Gasteiger partial charge in [-0.15, -0.1) is 0 Å². The summed E-state index contributed by atoms with van der Waals surface area (Å²) in [6.45, 7) is 6.00. The maximum absolute atomic E-state index is 12.4. The molecule has 0 aliphatic carbocycles. The molecule has 0 radical (unpaired) electrons. The highest BCUT2D eigenvalue weighted by atomic mass is 16.2. The van der Waals surface area contributed by atoms with Crippen LogP contribution in [-0.4, -0.2) is 46.3 Å². The Hall–Kier alpha value is -2.27. The number of carbonyl (C=O) groups is 1. The number of benzene rings is 1. The Bertz CT molecular complexity index is 760. The van der Waals surface area contributed by atoms with Crippen LogP contribution in [0.5, 0.6) is 0 Å². The number of aromatic nitrogens is 2. The Balaban J connectivity index is 1.94. The molecule has 1 saturated heterocycles. The van der Waals surface area contributed by atoms with Crippen molar-refractivity contribution in [3.05, 3.63) is 59.2 Å². The molecule has 0 spiro atoms. The summed E-state index contributed by atoms with van der Waals surface area (Å²) in [5, 5.41) is 0. The lowest BCUT2D eigenvalue weighted by Crippen LogP contribution is -2.40. The monoisotopic (exact) mass is 338 g/mol. The lowest BCUT2D eigenvalue weighted by molar-refractivity contribution is 0.0818. The van der Waals surface area contributed by atoms with Crippen molar-refractivity contribution in [1.29, 1.82) is 0 Å². The number of hydrogen-bond donors (Lipinski definition) is 0. The molecule has 2 aromatic rings.